The number of nitrogen functional groups attached to an aromatic ring is 1. The third-order valence-corrected chi connectivity index (χ3v) is 3.68. The second-order valence-corrected chi connectivity index (χ2v) is 5.44. The number of anilines is 1. The van der Waals surface area contributed by atoms with Gasteiger partial charge in [0.2, 0.25) is 0 Å². The van der Waals surface area contributed by atoms with Gasteiger partial charge >= 0.3 is 0 Å². The van der Waals surface area contributed by atoms with Gasteiger partial charge in [-0.25, -0.2) is 0 Å². The van der Waals surface area contributed by atoms with E-state index >= 15 is 0 Å². The van der Waals surface area contributed by atoms with Crippen molar-refractivity contribution in [2.45, 2.75) is 45.3 Å². The lowest BCUT2D eigenvalue weighted by atomic mass is 10.1. The van der Waals surface area contributed by atoms with E-state index in [4.69, 9.17) is 10.5 Å². The van der Waals surface area contributed by atoms with Gasteiger partial charge in [0.25, 0.3) is 0 Å². The molecular weight excluding hydrogens is 236 g/mol. The first-order chi connectivity index (χ1) is 9.28. The predicted octanol–water partition coefficient (Wildman–Crippen LogP) is 3.05. The Morgan fingerprint density at radius 1 is 1.32 bits per heavy atom. The van der Waals surface area contributed by atoms with Crippen LogP contribution in [0.25, 0.3) is 0 Å². The summed E-state index contributed by atoms with van der Waals surface area (Å²) in [6.45, 7) is 6.37. The molecule has 0 bridgehead atoms. The van der Waals surface area contributed by atoms with Crippen molar-refractivity contribution >= 4 is 5.69 Å². The molecule has 0 aromatic heterocycles. The van der Waals surface area contributed by atoms with Gasteiger partial charge in [0, 0.05) is 25.4 Å². The zero-order chi connectivity index (χ0) is 13.5. The minimum atomic E-state index is 0.464. The quantitative estimate of drug-likeness (QED) is 0.829. The van der Waals surface area contributed by atoms with E-state index in [9.17, 15) is 0 Å². The van der Waals surface area contributed by atoms with Crippen LogP contribution in [-0.2, 0) is 11.3 Å². The molecule has 19 heavy (non-hydrogen) atoms. The fraction of sp³-hybridized carbons (Fsp3) is 0.625. The van der Waals surface area contributed by atoms with E-state index in [1.54, 1.807) is 0 Å². The summed E-state index contributed by atoms with van der Waals surface area (Å²) in [5.41, 5.74) is 8.00. The van der Waals surface area contributed by atoms with Gasteiger partial charge in [-0.2, -0.15) is 0 Å². The van der Waals surface area contributed by atoms with Crippen LogP contribution in [0.4, 0.5) is 5.69 Å². The average molecular weight is 262 g/mol. The summed E-state index contributed by atoms with van der Waals surface area (Å²) in [4.78, 5) is 2.52. The molecule has 0 amide bonds. The zero-order valence-corrected chi connectivity index (χ0v) is 12.0. The maximum absolute atomic E-state index is 5.88. The number of ether oxygens (including phenoxy) is 1. The molecule has 1 aromatic carbocycles. The Kier molecular flexibility index (Phi) is 5.67. The first-order valence-electron chi connectivity index (χ1n) is 7.46. The highest BCUT2D eigenvalue weighted by molar-refractivity contribution is 5.40. The fourth-order valence-electron chi connectivity index (χ4n) is 2.68. The second kappa shape index (κ2) is 7.51. The number of hydrogen-bond donors (Lipinski definition) is 1. The maximum atomic E-state index is 5.88. The molecule has 0 radical (unpaired) electrons. The third kappa shape index (κ3) is 4.84. The molecule has 1 heterocycles. The summed E-state index contributed by atoms with van der Waals surface area (Å²) in [5.74, 6) is 0. The molecule has 1 aliphatic heterocycles. The summed E-state index contributed by atoms with van der Waals surface area (Å²) in [7, 11) is 0. The van der Waals surface area contributed by atoms with Crippen molar-refractivity contribution in [3.8, 4) is 0 Å². The van der Waals surface area contributed by atoms with E-state index in [0.29, 0.717) is 6.10 Å². The first-order valence-corrected chi connectivity index (χ1v) is 7.46. The van der Waals surface area contributed by atoms with Crippen molar-refractivity contribution in [3.05, 3.63) is 29.8 Å². The molecule has 2 rings (SSSR count). The Hall–Kier alpha value is -1.06. The van der Waals surface area contributed by atoms with Crippen molar-refractivity contribution in [2.75, 3.05) is 25.4 Å². The summed E-state index contributed by atoms with van der Waals surface area (Å²) in [6.07, 6.45) is 5.17. The van der Waals surface area contributed by atoms with Crippen LogP contribution in [0, 0.1) is 0 Å². The Balaban J connectivity index is 1.82. The zero-order valence-electron chi connectivity index (χ0n) is 12.0. The lowest BCUT2D eigenvalue weighted by Gasteiger charge is -2.20. The summed E-state index contributed by atoms with van der Waals surface area (Å²) in [5, 5.41) is 0. The van der Waals surface area contributed by atoms with Gasteiger partial charge in [-0.3, -0.25) is 4.90 Å². The normalized spacial score (nSPS) is 21.2. The fourth-order valence-corrected chi connectivity index (χ4v) is 2.68. The Labute approximate surface area is 116 Å². The Morgan fingerprint density at radius 2 is 2.21 bits per heavy atom. The van der Waals surface area contributed by atoms with E-state index < -0.39 is 0 Å². The molecule has 0 spiro atoms. The molecule has 1 atom stereocenters. The minimum Gasteiger partial charge on any atom is -0.399 e. The van der Waals surface area contributed by atoms with Crippen molar-refractivity contribution in [3.63, 3.8) is 0 Å². The van der Waals surface area contributed by atoms with Crippen molar-refractivity contribution < 1.29 is 4.74 Å². The standard InChI is InChI=1S/C16H26N2O/c1-2-11-19-16-7-4-9-18(10-8-16)13-14-5-3-6-15(17)12-14/h3,5-6,12,16H,2,4,7-11,13,17H2,1H3. The number of nitrogens with zero attached hydrogens (tertiary/aromatic N) is 1. The lowest BCUT2D eigenvalue weighted by Crippen LogP contribution is -2.25. The number of benzene rings is 1. The van der Waals surface area contributed by atoms with Gasteiger partial charge in [0.15, 0.2) is 0 Å². The smallest absolute Gasteiger partial charge is 0.0587 e. The molecule has 0 saturated carbocycles. The SMILES string of the molecule is CCCOC1CCCN(Cc2cccc(N)c2)CC1. The highest BCUT2D eigenvalue weighted by Gasteiger charge is 2.17. The molecule has 1 aliphatic rings. The first kappa shape index (κ1) is 14.4. The van der Waals surface area contributed by atoms with Crippen LogP contribution in [0.1, 0.15) is 38.2 Å². The molecular formula is C16H26N2O. The highest BCUT2D eigenvalue weighted by Crippen LogP contribution is 2.17. The molecule has 1 aromatic rings. The monoisotopic (exact) mass is 262 g/mol. The van der Waals surface area contributed by atoms with Gasteiger partial charge in [-0.15, -0.1) is 0 Å². The Morgan fingerprint density at radius 3 is 3.00 bits per heavy atom. The van der Waals surface area contributed by atoms with Gasteiger partial charge in [-0.1, -0.05) is 19.1 Å². The van der Waals surface area contributed by atoms with E-state index in [1.165, 1.54) is 24.9 Å². The lowest BCUT2D eigenvalue weighted by molar-refractivity contribution is 0.0437. The van der Waals surface area contributed by atoms with Crippen LogP contribution in [-0.4, -0.2) is 30.7 Å². The third-order valence-electron chi connectivity index (χ3n) is 3.68. The minimum absolute atomic E-state index is 0.464. The molecule has 2 N–H and O–H groups in total. The molecule has 3 heteroatoms. The summed E-state index contributed by atoms with van der Waals surface area (Å²) >= 11 is 0. The van der Waals surface area contributed by atoms with Crippen molar-refractivity contribution in [1.82, 2.24) is 4.90 Å². The average Bonchev–Trinajstić information content (AvgIpc) is 2.62. The second-order valence-electron chi connectivity index (χ2n) is 5.44. The summed E-state index contributed by atoms with van der Waals surface area (Å²) < 4.78 is 5.88. The molecule has 1 fully saturated rings. The van der Waals surface area contributed by atoms with Crippen LogP contribution in [0.2, 0.25) is 0 Å². The van der Waals surface area contributed by atoms with Gasteiger partial charge in [0.1, 0.15) is 0 Å². The van der Waals surface area contributed by atoms with Crippen LogP contribution in [0.5, 0.6) is 0 Å². The number of rotatable bonds is 5. The number of hydrogen-bond acceptors (Lipinski definition) is 3. The van der Waals surface area contributed by atoms with E-state index in [2.05, 4.69) is 24.0 Å². The topological polar surface area (TPSA) is 38.5 Å². The van der Waals surface area contributed by atoms with Crippen molar-refractivity contribution in [1.29, 1.82) is 0 Å². The maximum Gasteiger partial charge on any atom is 0.0587 e. The van der Waals surface area contributed by atoms with Crippen LogP contribution >= 0.6 is 0 Å². The van der Waals surface area contributed by atoms with Crippen molar-refractivity contribution in [2.24, 2.45) is 0 Å². The van der Waals surface area contributed by atoms with Crippen LogP contribution in [0.3, 0.4) is 0 Å². The number of likely N-dealkylation sites (tertiary alicyclic amines) is 1. The molecule has 106 valence electrons. The number of nitrogens with two attached hydrogens (primary N) is 1. The van der Waals surface area contributed by atoms with Crippen LogP contribution in [0.15, 0.2) is 24.3 Å². The summed E-state index contributed by atoms with van der Waals surface area (Å²) in [6, 6.07) is 8.22. The molecule has 1 saturated heterocycles. The molecule has 3 nitrogen and oxygen atoms in total. The largest absolute Gasteiger partial charge is 0.399 e. The van der Waals surface area contributed by atoms with Crippen LogP contribution < -0.4 is 5.73 Å². The molecule has 1 unspecified atom stereocenters. The van der Waals surface area contributed by atoms with E-state index in [-0.39, 0.29) is 0 Å². The highest BCUT2D eigenvalue weighted by atomic mass is 16.5. The van der Waals surface area contributed by atoms with Gasteiger partial charge in [-0.05, 0) is 49.9 Å². The predicted molar refractivity (Wildman–Crippen MR) is 80.0 cm³/mol. The molecule has 0 aliphatic carbocycles. The van der Waals surface area contributed by atoms with Gasteiger partial charge < -0.3 is 10.5 Å². The Bertz CT molecular complexity index is 381. The van der Waals surface area contributed by atoms with E-state index in [0.717, 1.165) is 38.2 Å². The van der Waals surface area contributed by atoms with Gasteiger partial charge in [0.05, 0.1) is 6.10 Å². The van der Waals surface area contributed by atoms with E-state index in [1.807, 2.05) is 12.1 Å².